The zero-order chi connectivity index (χ0) is 12.0. The Labute approximate surface area is 105 Å². The zero-order valence-corrected chi connectivity index (χ0v) is 10.2. The van der Waals surface area contributed by atoms with Gasteiger partial charge in [0.2, 0.25) is 0 Å². The van der Waals surface area contributed by atoms with Crippen LogP contribution in [0.15, 0.2) is 18.2 Å². The Morgan fingerprint density at radius 1 is 1.29 bits per heavy atom. The molecule has 2 atom stereocenters. The van der Waals surface area contributed by atoms with E-state index in [4.69, 9.17) is 11.6 Å². The molecule has 0 amide bonds. The van der Waals surface area contributed by atoms with Gasteiger partial charge in [-0.3, -0.25) is 4.79 Å². The van der Waals surface area contributed by atoms with Gasteiger partial charge in [0.15, 0.2) is 0 Å². The first-order valence-electron chi connectivity index (χ1n) is 6.10. The Balaban J connectivity index is 1.65. The van der Waals surface area contributed by atoms with Crippen LogP contribution in [0.3, 0.4) is 0 Å². The number of carbonyl (C=O) groups excluding carboxylic acids is 1. The average Bonchev–Trinajstić information content (AvgIpc) is 2.91. The second-order valence-corrected chi connectivity index (χ2v) is 5.72. The van der Waals surface area contributed by atoms with Crippen LogP contribution in [0, 0.1) is 23.6 Å². The van der Waals surface area contributed by atoms with Crippen LogP contribution < -0.4 is 0 Å². The predicted molar refractivity (Wildman–Crippen MR) is 64.4 cm³/mol. The zero-order valence-electron chi connectivity index (χ0n) is 9.46. The minimum atomic E-state index is -0.426. The van der Waals surface area contributed by atoms with Crippen LogP contribution in [0.4, 0.5) is 4.39 Å². The molecule has 0 spiro atoms. The minimum absolute atomic E-state index is 0.101. The van der Waals surface area contributed by atoms with Crippen molar-refractivity contribution in [3.8, 4) is 0 Å². The van der Waals surface area contributed by atoms with E-state index in [1.807, 2.05) is 0 Å². The topological polar surface area (TPSA) is 17.1 Å². The lowest BCUT2D eigenvalue weighted by Crippen LogP contribution is -2.15. The largest absolute Gasteiger partial charge is 0.299 e. The summed E-state index contributed by atoms with van der Waals surface area (Å²) >= 11 is 5.70. The van der Waals surface area contributed by atoms with Crippen LogP contribution in [0.5, 0.6) is 0 Å². The summed E-state index contributed by atoms with van der Waals surface area (Å²) < 4.78 is 13.0. The van der Waals surface area contributed by atoms with Gasteiger partial charge in [0, 0.05) is 12.3 Å². The fourth-order valence-electron chi connectivity index (χ4n) is 2.97. The second-order valence-electron chi connectivity index (χ2n) is 5.32. The van der Waals surface area contributed by atoms with Crippen molar-refractivity contribution in [2.24, 2.45) is 17.8 Å². The molecule has 1 nitrogen and oxygen atoms in total. The van der Waals surface area contributed by atoms with Gasteiger partial charge in [0.05, 0.1) is 5.02 Å². The molecule has 2 aliphatic rings. The van der Waals surface area contributed by atoms with E-state index >= 15 is 0 Å². The van der Waals surface area contributed by atoms with Crippen molar-refractivity contribution in [1.29, 1.82) is 0 Å². The molecule has 3 heteroatoms. The van der Waals surface area contributed by atoms with E-state index in [2.05, 4.69) is 0 Å². The number of fused-ring (bicyclic) bond motifs is 1. The van der Waals surface area contributed by atoms with E-state index in [1.165, 1.54) is 12.5 Å². The van der Waals surface area contributed by atoms with Crippen molar-refractivity contribution < 1.29 is 9.18 Å². The maximum atomic E-state index is 13.0. The van der Waals surface area contributed by atoms with E-state index in [0.29, 0.717) is 12.2 Å². The van der Waals surface area contributed by atoms with Crippen LogP contribution in [0.25, 0.3) is 0 Å². The first kappa shape index (κ1) is 11.2. The summed E-state index contributed by atoms with van der Waals surface area (Å²) in [6, 6.07) is 4.54. The number of ketones is 1. The molecule has 0 saturated heterocycles. The molecular weight excluding hydrogens is 239 g/mol. The summed E-state index contributed by atoms with van der Waals surface area (Å²) in [6.45, 7) is 0. The molecule has 3 rings (SSSR count). The van der Waals surface area contributed by atoms with Gasteiger partial charge in [0.1, 0.15) is 11.6 Å². The van der Waals surface area contributed by atoms with Gasteiger partial charge in [-0.2, -0.15) is 0 Å². The fraction of sp³-hybridized carbons (Fsp3) is 0.500. The Bertz CT molecular complexity index is 461. The lowest BCUT2D eigenvalue weighted by atomic mass is 9.94. The van der Waals surface area contributed by atoms with Crippen LogP contribution in [-0.2, 0) is 11.2 Å². The van der Waals surface area contributed by atoms with Crippen molar-refractivity contribution in [2.75, 3.05) is 0 Å². The highest BCUT2D eigenvalue weighted by Gasteiger charge is 2.47. The molecule has 0 aromatic heterocycles. The normalized spacial score (nSPS) is 30.1. The number of hydrogen-bond donors (Lipinski definition) is 0. The Kier molecular flexibility index (Phi) is 2.70. The van der Waals surface area contributed by atoms with Crippen molar-refractivity contribution in [1.82, 2.24) is 0 Å². The number of Topliss-reactive ketones (excluding diaryl/α,β-unsaturated/α-hetero) is 1. The molecular formula is C14H14ClFO. The van der Waals surface area contributed by atoms with Gasteiger partial charge in [-0.15, -0.1) is 0 Å². The molecule has 2 saturated carbocycles. The maximum absolute atomic E-state index is 13.0. The molecule has 0 N–H and O–H groups in total. The first-order valence-corrected chi connectivity index (χ1v) is 6.48. The van der Waals surface area contributed by atoms with E-state index in [9.17, 15) is 9.18 Å². The summed E-state index contributed by atoms with van der Waals surface area (Å²) in [5.74, 6) is 1.74. The van der Waals surface area contributed by atoms with Crippen molar-refractivity contribution >= 4 is 17.4 Å². The molecule has 0 aliphatic heterocycles. The van der Waals surface area contributed by atoms with E-state index in [0.717, 1.165) is 30.2 Å². The predicted octanol–water partition coefficient (Wildman–Crippen LogP) is 3.64. The van der Waals surface area contributed by atoms with Gasteiger partial charge in [0.25, 0.3) is 0 Å². The summed E-state index contributed by atoms with van der Waals surface area (Å²) in [4.78, 5) is 12.0. The van der Waals surface area contributed by atoms with E-state index in [-0.39, 0.29) is 10.9 Å². The van der Waals surface area contributed by atoms with Gasteiger partial charge in [-0.05, 0) is 48.8 Å². The molecule has 2 fully saturated rings. The van der Waals surface area contributed by atoms with Crippen LogP contribution in [0.1, 0.15) is 24.8 Å². The highest BCUT2D eigenvalue weighted by atomic mass is 35.5. The summed E-state index contributed by atoms with van der Waals surface area (Å²) in [6.07, 6.45) is 3.85. The van der Waals surface area contributed by atoms with Gasteiger partial charge in [-0.25, -0.2) is 4.39 Å². The third kappa shape index (κ3) is 2.23. The monoisotopic (exact) mass is 252 g/mol. The second kappa shape index (κ2) is 4.09. The SMILES string of the molecule is O=C(Cc1ccc(F)c(Cl)c1)C1CC2CC2C1. The van der Waals surface area contributed by atoms with Crippen LogP contribution in [-0.4, -0.2) is 5.78 Å². The summed E-state index contributed by atoms with van der Waals surface area (Å²) in [5.41, 5.74) is 0.821. The highest BCUT2D eigenvalue weighted by molar-refractivity contribution is 6.30. The number of rotatable bonds is 3. The molecule has 0 bridgehead atoms. The molecule has 90 valence electrons. The van der Waals surface area contributed by atoms with Crippen molar-refractivity contribution in [2.45, 2.75) is 25.7 Å². The van der Waals surface area contributed by atoms with Crippen molar-refractivity contribution in [3.63, 3.8) is 0 Å². The summed E-state index contributed by atoms with van der Waals surface area (Å²) in [5, 5.41) is 0.101. The quantitative estimate of drug-likeness (QED) is 0.803. The molecule has 17 heavy (non-hydrogen) atoms. The summed E-state index contributed by atoms with van der Waals surface area (Å²) in [7, 11) is 0. The Hall–Kier alpha value is -0.890. The van der Waals surface area contributed by atoms with E-state index < -0.39 is 5.82 Å². The third-order valence-electron chi connectivity index (χ3n) is 4.06. The third-order valence-corrected chi connectivity index (χ3v) is 4.35. The number of halogens is 2. The maximum Gasteiger partial charge on any atom is 0.141 e. The Morgan fingerprint density at radius 2 is 2.00 bits per heavy atom. The highest BCUT2D eigenvalue weighted by Crippen LogP contribution is 2.54. The average molecular weight is 253 g/mol. The standard InChI is InChI=1S/C14H14ClFO/c15-12-3-8(1-2-13(12)16)4-14(17)11-6-9-5-10(9)7-11/h1-3,9-11H,4-7H2. The fourth-order valence-corrected chi connectivity index (χ4v) is 3.18. The molecule has 2 aliphatic carbocycles. The van der Waals surface area contributed by atoms with E-state index in [1.54, 1.807) is 12.1 Å². The number of hydrogen-bond acceptors (Lipinski definition) is 1. The molecule has 0 heterocycles. The van der Waals surface area contributed by atoms with Crippen molar-refractivity contribution in [3.05, 3.63) is 34.6 Å². The van der Waals surface area contributed by atoms with Gasteiger partial charge < -0.3 is 0 Å². The van der Waals surface area contributed by atoms with Crippen LogP contribution in [0.2, 0.25) is 5.02 Å². The molecule has 1 aromatic rings. The Morgan fingerprint density at radius 3 is 2.65 bits per heavy atom. The number of carbonyl (C=O) groups is 1. The van der Waals surface area contributed by atoms with Gasteiger partial charge in [-0.1, -0.05) is 17.7 Å². The molecule has 0 radical (unpaired) electrons. The first-order chi connectivity index (χ1) is 8.13. The molecule has 1 aromatic carbocycles. The minimum Gasteiger partial charge on any atom is -0.299 e. The van der Waals surface area contributed by atoms with Crippen LogP contribution >= 0.6 is 11.6 Å². The lowest BCUT2D eigenvalue weighted by Gasteiger charge is -2.10. The smallest absolute Gasteiger partial charge is 0.141 e. The lowest BCUT2D eigenvalue weighted by molar-refractivity contribution is -0.122. The van der Waals surface area contributed by atoms with Gasteiger partial charge >= 0.3 is 0 Å². The number of benzene rings is 1. The molecule has 2 unspecified atom stereocenters.